The molecule has 1 aliphatic heterocycles. The molecular formula is C15H17F3N2O. The largest absolute Gasteiger partial charge is 0.417 e. The molecule has 1 fully saturated rings. The molecule has 1 aromatic rings. The van der Waals surface area contributed by atoms with E-state index in [2.05, 4.69) is 0 Å². The molecule has 0 radical (unpaired) electrons. The van der Waals surface area contributed by atoms with Gasteiger partial charge in [0.15, 0.2) is 0 Å². The van der Waals surface area contributed by atoms with E-state index in [1.807, 2.05) is 4.90 Å². The molecule has 0 spiro atoms. The first-order chi connectivity index (χ1) is 9.95. The van der Waals surface area contributed by atoms with Crippen molar-refractivity contribution in [3.63, 3.8) is 0 Å². The second-order valence-electron chi connectivity index (χ2n) is 5.23. The fourth-order valence-corrected chi connectivity index (χ4v) is 2.65. The smallest absolute Gasteiger partial charge is 0.384 e. The summed E-state index contributed by atoms with van der Waals surface area (Å²) < 4.78 is 44.0. The van der Waals surface area contributed by atoms with Crippen LogP contribution in [0.2, 0.25) is 0 Å². The first-order valence-electron chi connectivity index (χ1n) is 6.81. The second kappa shape index (κ2) is 6.35. The third kappa shape index (κ3) is 3.67. The second-order valence-corrected chi connectivity index (χ2v) is 5.23. The number of halogens is 3. The zero-order chi connectivity index (χ0) is 15.5. The van der Waals surface area contributed by atoms with E-state index < -0.39 is 11.7 Å². The van der Waals surface area contributed by atoms with Crippen molar-refractivity contribution in [3.8, 4) is 6.07 Å². The number of alkyl halides is 3. The van der Waals surface area contributed by atoms with Gasteiger partial charge in [-0.05, 0) is 37.0 Å². The summed E-state index contributed by atoms with van der Waals surface area (Å²) >= 11 is 0. The highest BCUT2D eigenvalue weighted by Crippen LogP contribution is 2.35. The number of hydrogen-bond acceptors (Lipinski definition) is 3. The summed E-state index contributed by atoms with van der Waals surface area (Å²) in [5.41, 5.74) is -0.667. The van der Waals surface area contributed by atoms with Gasteiger partial charge in [0.2, 0.25) is 0 Å². The number of piperidine rings is 1. The number of anilines is 1. The Hall–Kier alpha value is -1.74. The van der Waals surface area contributed by atoms with E-state index in [4.69, 9.17) is 10.00 Å². The highest BCUT2D eigenvalue weighted by Gasteiger charge is 2.34. The lowest BCUT2D eigenvalue weighted by Gasteiger charge is -2.33. The predicted molar refractivity (Wildman–Crippen MR) is 73.0 cm³/mol. The highest BCUT2D eigenvalue weighted by molar-refractivity contribution is 5.55. The van der Waals surface area contributed by atoms with Crippen LogP contribution in [0.15, 0.2) is 18.2 Å². The Bertz CT molecular complexity index is 529. The number of hydrogen-bond donors (Lipinski definition) is 0. The van der Waals surface area contributed by atoms with Crippen LogP contribution < -0.4 is 4.90 Å². The van der Waals surface area contributed by atoms with Crippen LogP contribution in [0.25, 0.3) is 0 Å². The molecule has 0 N–H and O–H groups in total. The third-order valence-corrected chi connectivity index (χ3v) is 3.81. The molecule has 1 saturated heterocycles. The Morgan fingerprint density at radius 2 is 2.00 bits per heavy atom. The van der Waals surface area contributed by atoms with Crippen LogP contribution in [0.4, 0.5) is 18.9 Å². The third-order valence-electron chi connectivity index (χ3n) is 3.81. The maximum atomic E-state index is 13.0. The van der Waals surface area contributed by atoms with Gasteiger partial charge in [-0.2, -0.15) is 18.4 Å². The van der Waals surface area contributed by atoms with Crippen LogP contribution in [-0.2, 0) is 10.9 Å². The van der Waals surface area contributed by atoms with Crippen molar-refractivity contribution in [3.05, 3.63) is 29.3 Å². The first-order valence-corrected chi connectivity index (χ1v) is 6.81. The SMILES string of the molecule is COCC1CCN(c2ccc(C#N)c(C(F)(F)F)c2)CC1. The highest BCUT2D eigenvalue weighted by atomic mass is 19.4. The van der Waals surface area contributed by atoms with E-state index in [0.29, 0.717) is 31.3 Å². The topological polar surface area (TPSA) is 36.3 Å². The Morgan fingerprint density at radius 1 is 1.33 bits per heavy atom. The van der Waals surface area contributed by atoms with Crippen LogP contribution in [0.5, 0.6) is 0 Å². The zero-order valence-electron chi connectivity index (χ0n) is 11.8. The van der Waals surface area contributed by atoms with Crippen LogP contribution in [0.1, 0.15) is 24.0 Å². The number of benzene rings is 1. The minimum atomic E-state index is -4.50. The number of rotatable bonds is 3. The fraction of sp³-hybridized carbons (Fsp3) is 0.533. The average molecular weight is 298 g/mol. The summed E-state index contributed by atoms with van der Waals surface area (Å²) in [4.78, 5) is 1.93. The lowest BCUT2D eigenvalue weighted by atomic mass is 9.97. The average Bonchev–Trinajstić information content (AvgIpc) is 2.47. The summed E-state index contributed by atoms with van der Waals surface area (Å²) in [5, 5.41) is 8.80. The molecule has 114 valence electrons. The van der Waals surface area contributed by atoms with Crippen molar-refractivity contribution in [1.29, 1.82) is 5.26 Å². The molecule has 1 heterocycles. The van der Waals surface area contributed by atoms with E-state index >= 15 is 0 Å². The molecular weight excluding hydrogens is 281 g/mol. The summed E-state index contributed by atoms with van der Waals surface area (Å²) in [5.74, 6) is 0.465. The fourth-order valence-electron chi connectivity index (χ4n) is 2.65. The molecule has 0 aromatic heterocycles. The van der Waals surface area contributed by atoms with Crippen LogP contribution in [0.3, 0.4) is 0 Å². The lowest BCUT2D eigenvalue weighted by molar-refractivity contribution is -0.137. The first kappa shape index (κ1) is 15.6. The molecule has 0 bridgehead atoms. The number of nitrogens with zero attached hydrogens (tertiary/aromatic N) is 2. The number of nitriles is 1. The summed E-state index contributed by atoms with van der Waals surface area (Å²) in [7, 11) is 1.66. The van der Waals surface area contributed by atoms with Crippen molar-refractivity contribution in [2.24, 2.45) is 5.92 Å². The van der Waals surface area contributed by atoms with Gasteiger partial charge in [0.1, 0.15) is 0 Å². The number of ether oxygens (including phenoxy) is 1. The molecule has 21 heavy (non-hydrogen) atoms. The van der Waals surface area contributed by atoms with Gasteiger partial charge < -0.3 is 9.64 Å². The van der Waals surface area contributed by atoms with Gasteiger partial charge in [-0.1, -0.05) is 0 Å². The molecule has 0 saturated carbocycles. The summed E-state index contributed by atoms with van der Waals surface area (Å²) in [6.07, 6.45) is -2.71. The molecule has 0 aliphatic carbocycles. The van der Waals surface area contributed by atoms with E-state index in [1.54, 1.807) is 19.2 Å². The van der Waals surface area contributed by atoms with Gasteiger partial charge >= 0.3 is 6.18 Å². The van der Waals surface area contributed by atoms with Gasteiger partial charge in [-0.15, -0.1) is 0 Å². The molecule has 3 nitrogen and oxygen atoms in total. The van der Waals surface area contributed by atoms with Gasteiger partial charge in [0.25, 0.3) is 0 Å². The van der Waals surface area contributed by atoms with E-state index in [-0.39, 0.29) is 5.56 Å². The van der Waals surface area contributed by atoms with Crippen LogP contribution in [-0.4, -0.2) is 26.8 Å². The summed E-state index contributed by atoms with van der Waals surface area (Å²) in [6.45, 7) is 2.10. The maximum absolute atomic E-state index is 13.0. The van der Waals surface area contributed by atoms with E-state index in [1.165, 1.54) is 6.07 Å². The minimum absolute atomic E-state index is 0.333. The quantitative estimate of drug-likeness (QED) is 0.857. The molecule has 0 amide bonds. The van der Waals surface area contributed by atoms with Crippen LogP contribution >= 0.6 is 0 Å². The Balaban J connectivity index is 2.17. The minimum Gasteiger partial charge on any atom is -0.384 e. The van der Waals surface area contributed by atoms with Gasteiger partial charge in [-0.3, -0.25) is 0 Å². The molecule has 1 aromatic carbocycles. The van der Waals surface area contributed by atoms with Gasteiger partial charge in [0, 0.05) is 32.5 Å². The molecule has 0 unspecified atom stereocenters. The van der Waals surface area contributed by atoms with E-state index in [9.17, 15) is 13.2 Å². The molecule has 0 atom stereocenters. The van der Waals surface area contributed by atoms with Gasteiger partial charge in [-0.25, -0.2) is 0 Å². The Kier molecular flexibility index (Phi) is 4.73. The monoisotopic (exact) mass is 298 g/mol. The molecule has 1 aliphatic rings. The van der Waals surface area contributed by atoms with Crippen molar-refractivity contribution >= 4 is 5.69 Å². The van der Waals surface area contributed by atoms with Crippen molar-refractivity contribution < 1.29 is 17.9 Å². The standard InChI is InChI=1S/C15H17F3N2O/c1-21-10-11-4-6-20(7-5-11)13-3-2-12(9-19)14(8-13)15(16,17)18/h2-3,8,11H,4-7,10H2,1H3. The molecule has 6 heteroatoms. The van der Waals surface area contributed by atoms with Gasteiger partial charge in [0.05, 0.1) is 17.2 Å². The normalized spacial score (nSPS) is 16.8. The van der Waals surface area contributed by atoms with Crippen LogP contribution in [0, 0.1) is 17.2 Å². The summed E-state index contributed by atoms with van der Waals surface area (Å²) in [6, 6.07) is 5.52. The van der Waals surface area contributed by atoms with E-state index in [0.717, 1.165) is 18.9 Å². The van der Waals surface area contributed by atoms with Crippen molar-refractivity contribution in [1.82, 2.24) is 0 Å². The van der Waals surface area contributed by atoms with Crippen molar-refractivity contribution in [2.75, 3.05) is 31.7 Å². The zero-order valence-corrected chi connectivity index (χ0v) is 11.8. The Labute approximate surface area is 121 Å². The predicted octanol–water partition coefficient (Wildman–Crippen LogP) is 3.44. The lowest BCUT2D eigenvalue weighted by Crippen LogP contribution is -2.35. The number of methoxy groups -OCH3 is 1. The Morgan fingerprint density at radius 3 is 2.52 bits per heavy atom. The molecule has 2 rings (SSSR count). The maximum Gasteiger partial charge on any atom is 0.417 e. The van der Waals surface area contributed by atoms with Crippen molar-refractivity contribution in [2.45, 2.75) is 19.0 Å².